The van der Waals surface area contributed by atoms with Crippen LogP contribution in [0.15, 0.2) is 11.0 Å². The Labute approximate surface area is 117 Å². The summed E-state index contributed by atoms with van der Waals surface area (Å²) in [6, 6.07) is 0. The highest BCUT2D eigenvalue weighted by Crippen LogP contribution is 2.31. The molecule has 1 aromatic heterocycles. The molecule has 0 saturated heterocycles. The molecule has 2 fully saturated rings. The average Bonchev–Trinajstić information content (AvgIpc) is 3.14. The van der Waals surface area contributed by atoms with Gasteiger partial charge >= 0.3 is 0 Å². The van der Waals surface area contributed by atoms with Crippen LogP contribution in [0, 0.1) is 5.92 Å². The van der Waals surface area contributed by atoms with Gasteiger partial charge in [0.1, 0.15) is 5.69 Å². The van der Waals surface area contributed by atoms with Gasteiger partial charge < -0.3 is 11.1 Å². The number of hydrogen-bond donors (Lipinski definition) is 2. The summed E-state index contributed by atoms with van der Waals surface area (Å²) in [5, 5.41) is 7.60. The Kier molecular flexibility index (Phi) is 3.27. The van der Waals surface area contributed by atoms with Gasteiger partial charge in [-0.3, -0.25) is 4.79 Å². The molecule has 0 unspecified atom stereocenters. The summed E-state index contributed by atoms with van der Waals surface area (Å²) in [5.41, 5.74) is 6.27. The van der Waals surface area contributed by atoms with Gasteiger partial charge in [0.2, 0.25) is 0 Å². The van der Waals surface area contributed by atoms with Gasteiger partial charge in [-0.25, -0.2) is 4.68 Å². The third-order valence-electron chi connectivity index (χ3n) is 4.09. The van der Waals surface area contributed by atoms with E-state index in [4.69, 9.17) is 17.3 Å². The molecule has 19 heavy (non-hydrogen) atoms. The van der Waals surface area contributed by atoms with Gasteiger partial charge in [0.25, 0.3) is 5.56 Å². The van der Waals surface area contributed by atoms with Crippen molar-refractivity contribution in [2.24, 2.45) is 11.7 Å². The van der Waals surface area contributed by atoms with Crippen LogP contribution in [0.5, 0.6) is 0 Å². The molecular weight excluding hydrogens is 264 g/mol. The maximum atomic E-state index is 12.3. The average molecular weight is 283 g/mol. The van der Waals surface area contributed by atoms with Gasteiger partial charge in [-0.15, -0.1) is 0 Å². The van der Waals surface area contributed by atoms with E-state index < -0.39 is 0 Å². The van der Waals surface area contributed by atoms with E-state index in [-0.39, 0.29) is 11.1 Å². The zero-order valence-electron chi connectivity index (χ0n) is 10.9. The molecule has 3 N–H and O–H groups in total. The van der Waals surface area contributed by atoms with Crippen LogP contribution >= 0.6 is 11.6 Å². The third kappa shape index (κ3) is 2.77. The van der Waals surface area contributed by atoms with Gasteiger partial charge in [-0.05, 0) is 38.0 Å². The van der Waals surface area contributed by atoms with Crippen LogP contribution in [0.4, 0.5) is 5.69 Å². The van der Waals surface area contributed by atoms with Crippen molar-refractivity contribution >= 4 is 17.3 Å². The molecule has 2 aliphatic carbocycles. The molecule has 104 valence electrons. The van der Waals surface area contributed by atoms with Gasteiger partial charge in [0.15, 0.2) is 0 Å². The van der Waals surface area contributed by atoms with E-state index in [2.05, 4.69) is 10.4 Å². The Bertz CT molecular complexity index is 534. The molecule has 3 rings (SSSR count). The molecule has 0 amide bonds. The normalized spacial score (nSPS) is 20.9. The lowest BCUT2D eigenvalue weighted by molar-refractivity contribution is 0.265. The number of nitrogens with two attached hydrogens (primary N) is 1. The first kappa shape index (κ1) is 12.9. The van der Waals surface area contributed by atoms with E-state index in [1.807, 2.05) is 0 Å². The van der Waals surface area contributed by atoms with Crippen molar-refractivity contribution < 1.29 is 0 Å². The molecule has 1 heterocycles. The second-order valence-corrected chi connectivity index (χ2v) is 6.27. The van der Waals surface area contributed by atoms with Gasteiger partial charge in [0.05, 0.1) is 11.2 Å². The fourth-order valence-electron chi connectivity index (χ4n) is 2.38. The van der Waals surface area contributed by atoms with Crippen LogP contribution in [-0.2, 0) is 6.54 Å². The van der Waals surface area contributed by atoms with Crippen LogP contribution in [0.1, 0.15) is 32.1 Å². The second kappa shape index (κ2) is 4.80. The minimum atomic E-state index is -0.180. The smallest absolute Gasteiger partial charge is 0.291 e. The number of halogens is 1. The lowest BCUT2D eigenvalue weighted by Crippen LogP contribution is -2.52. The van der Waals surface area contributed by atoms with Crippen LogP contribution in [0.25, 0.3) is 0 Å². The van der Waals surface area contributed by atoms with Crippen molar-refractivity contribution in [1.82, 2.24) is 9.78 Å². The fraction of sp³-hybridized carbons (Fsp3) is 0.692. The molecule has 1 aromatic rings. The Morgan fingerprint density at radius 1 is 1.53 bits per heavy atom. The van der Waals surface area contributed by atoms with Crippen LogP contribution in [0.3, 0.4) is 0 Å². The minimum Gasteiger partial charge on any atom is -0.377 e. The van der Waals surface area contributed by atoms with E-state index in [0.29, 0.717) is 29.7 Å². The zero-order chi connectivity index (χ0) is 13.5. The number of nitrogens with one attached hydrogen (secondary N) is 1. The monoisotopic (exact) mass is 282 g/mol. The standard InChI is InChI=1S/C13H19ClN4O/c14-10-6-17-18(7-9-2-3-9)12(19)11(10)16-8-13(15)4-1-5-13/h6,9,16H,1-5,7-8,15H2. The number of aromatic nitrogens is 2. The Morgan fingerprint density at radius 2 is 2.26 bits per heavy atom. The van der Waals surface area contributed by atoms with Gasteiger partial charge in [-0.1, -0.05) is 11.6 Å². The largest absolute Gasteiger partial charge is 0.377 e. The Hall–Kier alpha value is -1.07. The van der Waals surface area contributed by atoms with Crippen molar-refractivity contribution in [3.05, 3.63) is 21.6 Å². The molecule has 2 saturated carbocycles. The fourth-order valence-corrected chi connectivity index (χ4v) is 2.57. The second-order valence-electron chi connectivity index (χ2n) is 5.87. The first-order chi connectivity index (χ1) is 9.07. The van der Waals surface area contributed by atoms with Crippen molar-refractivity contribution in [3.8, 4) is 0 Å². The van der Waals surface area contributed by atoms with Crippen molar-refractivity contribution in [2.45, 2.75) is 44.2 Å². The van der Waals surface area contributed by atoms with Gasteiger partial charge in [-0.2, -0.15) is 5.10 Å². The lowest BCUT2D eigenvalue weighted by atomic mass is 9.78. The molecule has 5 nitrogen and oxygen atoms in total. The number of hydrogen-bond acceptors (Lipinski definition) is 4. The predicted molar refractivity (Wildman–Crippen MR) is 75.5 cm³/mol. The summed E-state index contributed by atoms with van der Waals surface area (Å²) in [5.74, 6) is 0.603. The van der Waals surface area contributed by atoms with Crippen molar-refractivity contribution in [1.29, 1.82) is 0 Å². The highest BCUT2D eigenvalue weighted by atomic mass is 35.5. The predicted octanol–water partition coefficient (Wildman–Crippen LogP) is 1.60. The first-order valence-electron chi connectivity index (χ1n) is 6.86. The zero-order valence-corrected chi connectivity index (χ0v) is 11.6. The Morgan fingerprint density at radius 3 is 2.84 bits per heavy atom. The number of rotatable bonds is 5. The summed E-state index contributed by atoms with van der Waals surface area (Å²) in [6.07, 6.45) is 7.07. The number of nitrogens with zero attached hydrogens (tertiary/aromatic N) is 2. The van der Waals surface area contributed by atoms with E-state index in [1.54, 1.807) is 0 Å². The molecular formula is C13H19ClN4O. The minimum absolute atomic E-state index is 0.137. The highest BCUT2D eigenvalue weighted by molar-refractivity contribution is 6.33. The summed E-state index contributed by atoms with van der Waals surface area (Å²) < 4.78 is 1.51. The molecule has 0 radical (unpaired) electrons. The summed E-state index contributed by atoms with van der Waals surface area (Å²) in [7, 11) is 0. The Balaban J connectivity index is 1.76. The molecule has 0 aliphatic heterocycles. The van der Waals surface area contributed by atoms with Crippen LogP contribution < -0.4 is 16.6 Å². The number of anilines is 1. The molecule has 0 aromatic carbocycles. The van der Waals surface area contributed by atoms with E-state index >= 15 is 0 Å². The molecule has 2 aliphatic rings. The maximum absolute atomic E-state index is 12.3. The van der Waals surface area contributed by atoms with Crippen LogP contribution in [0.2, 0.25) is 5.02 Å². The third-order valence-corrected chi connectivity index (χ3v) is 4.38. The summed E-state index contributed by atoms with van der Waals surface area (Å²) in [6.45, 7) is 1.29. The summed E-state index contributed by atoms with van der Waals surface area (Å²) >= 11 is 6.06. The van der Waals surface area contributed by atoms with Crippen LogP contribution in [-0.4, -0.2) is 21.9 Å². The molecule has 0 spiro atoms. The van der Waals surface area contributed by atoms with E-state index in [9.17, 15) is 4.79 Å². The maximum Gasteiger partial charge on any atom is 0.291 e. The molecule has 0 bridgehead atoms. The molecule has 0 atom stereocenters. The topological polar surface area (TPSA) is 72.9 Å². The first-order valence-corrected chi connectivity index (χ1v) is 7.24. The molecule has 6 heteroatoms. The SMILES string of the molecule is NC1(CNc2c(Cl)cnn(CC3CC3)c2=O)CCC1. The van der Waals surface area contributed by atoms with E-state index in [1.165, 1.54) is 23.7 Å². The van der Waals surface area contributed by atoms with Crippen molar-refractivity contribution in [2.75, 3.05) is 11.9 Å². The van der Waals surface area contributed by atoms with E-state index in [0.717, 1.165) is 19.3 Å². The van der Waals surface area contributed by atoms with Crippen molar-refractivity contribution in [3.63, 3.8) is 0 Å². The summed E-state index contributed by atoms with van der Waals surface area (Å²) in [4.78, 5) is 12.3. The lowest BCUT2D eigenvalue weighted by Gasteiger charge is -2.38. The highest BCUT2D eigenvalue weighted by Gasteiger charge is 2.32. The quantitative estimate of drug-likeness (QED) is 0.860. The van der Waals surface area contributed by atoms with Gasteiger partial charge in [0, 0.05) is 18.6 Å².